The van der Waals surface area contributed by atoms with Crippen LogP contribution in [0.4, 0.5) is 0 Å². The van der Waals surface area contributed by atoms with Gasteiger partial charge >= 0.3 is 0 Å². The lowest BCUT2D eigenvalue weighted by Gasteiger charge is -2.13. The van der Waals surface area contributed by atoms with Crippen LogP contribution in [0.3, 0.4) is 0 Å². The molecule has 190 valence electrons. The van der Waals surface area contributed by atoms with E-state index in [0.29, 0.717) is 0 Å². The zero-order valence-electron chi connectivity index (χ0n) is 22.3. The van der Waals surface area contributed by atoms with E-state index >= 15 is 0 Å². The molecule has 2 heterocycles. The van der Waals surface area contributed by atoms with Crippen LogP contribution in [-0.4, -0.2) is 9.38 Å². The molecule has 0 unspecified atom stereocenters. The summed E-state index contributed by atoms with van der Waals surface area (Å²) >= 11 is 0. The SMILES string of the molecule is c1cc(-c2ccc3ccccc3c2)cc(-c2ccc3c4ccc5ccccc5c4c4nc5ccccc5n4c3c2)c1. The van der Waals surface area contributed by atoms with Crippen LogP contribution in [0.25, 0.3) is 82.2 Å². The molecular formula is C39H24N2. The first-order valence-corrected chi connectivity index (χ1v) is 14.1. The highest BCUT2D eigenvalue weighted by Gasteiger charge is 2.16. The normalized spacial score (nSPS) is 11.9. The highest BCUT2D eigenvalue weighted by Crippen LogP contribution is 2.38. The molecular weight excluding hydrogens is 496 g/mol. The van der Waals surface area contributed by atoms with Crippen LogP contribution in [0.5, 0.6) is 0 Å². The van der Waals surface area contributed by atoms with E-state index in [4.69, 9.17) is 4.98 Å². The lowest BCUT2D eigenvalue weighted by atomic mass is 9.95. The third-order valence-corrected chi connectivity index (χ3v) is 8.52. The van der Waals surface area contributed by atoms with Gasteiger partial charge in [-0.15, -0.1) is 0 Å². The Labute approximate surface area is 236 Å². The van der Waals surface area contributed by atoms with Crippen molar-refractivity contribution in [2.45, 2.75) is 0 Å². The molecule has 0 spiro atoms. The van der Waals surface area contributed by atoms with E-state index in [9.17, 15) is 0 Å². The summed E-state index contributed by atoms with van der Waals surface area (Å²) in [6, 6.07) is 52.6. The van der Waals surface area contributed by atoms with Crippen molar-refractivity contribution in [2.24, 2.45) is 0 Å². The van der Waals surface area contributed by atoms with E-state index in [1.807, 2.05) is 0 Å². The van der Waals surface area contributed by atoms with Crippen LogP contribution in [0.15, 0.2) is 146 Å². The Morgan fingerprint density at radius 1 is 0.390 bits per heavy atom. The molecule has 2 aromatic heterocycles. The smallest absolute Gasteiger partial charge is 0.147 e. The second-order valence-electron chi connectivity index (χ2n) is 10.8. The van der Waals surface area contributed by atoms with Crippen LogP contribution in [0.2, 0.25) is 0 Å². The summed E-state index contributed by atoms with van der Waals surface area (Å²) in [6.07, 6.45) is 0. The standard InChI is InChI=1S/C39H24N2/c1-2-10-27-22-30(17-16-25(27)8-1)28-11-7-12-29(23-28)31-19-20-33-34-21-18-26-9-3-4-13-32(26)38(34)39-40-35-14-5-6-15-36(35)41(39)37(33)24-31/h1-24H. The van der Waals surface area contributed by atoms with Crippen molar-refractivity contribution in [3.05, 3.63) is 146 Å². The number of hydrogen-bond acceptors (Lipinski definition) is 1. The number of rotatable bonds is 2. The first-order valence-electron chi connectivity index (χ1n) is 14.1. The molecule has 0 fully saturated rings. The van der Waals surface area contributed by atoms with E-state index in [2.05, 4.69) is 150 Å². The molecule has 0 atom stereocenters. The Morgan fingerprint density at radius 2 is 1.05 bits per heavy atom. The number of aromatic nitrogens is 2. The quantitative estimate of drug-likeness (QED) is 0.207. The van der Waals surface area contributed by atoms with Gasteiger partial charge in [0.1, 0.15) is 5.65 Å². The van der Waals surface area contributed by atoms with Crippen molar-refractivity contribution in [1.29, 1.82) is 0 Å². The second-order valence-corrected chi connectivity index (χ2v) is 10.8. The van der Waals surface area contributed by atoms with E-state index in [0.717, 1.165) is 16.7 Å². The summed E-state index contributed by atoms with van der Waals surface area (Å²) in [7, 11) is 0. The van der Waals surface area contributed by atoms with Crippen molar-refractivity contribution in [3.8, 4) is 22.3 Å². The van der Waals surface area contributed by atoms with Gasteiger partial charge in [-0.2, -0.15) is 0 Å². The molecule has 0 aliphatic heterocycles. The molecule has 41 heavy (non-hydrogen) atoms. The van der Waals surface area contributed by atoms with Gasteiger partial charge < -0.3 is 0 Å². The van der Waals surface area contributed by atoms with Gasteiger partial charge in [-0.1, -0.05) is 115 Å². The van der Waals surface area contributed by atoms with Gasteiger partial charge in [-0.05, 0) is 79.5 Å². The van der Waals surface area contributed by atoms with Gasteiger partial charge in [-0.3, -0.25) is 4.40 Å². The number of pyridine rings is 1. The van der Waals surface area contributed by atoms with Crippen LogP contribution < -0.4 is 0 Å². The van der Waals surface area contributed by atoms with E-state index in [1.54, 1.807) is 0 Å². The highest BCUT2D eigenvalue weighted by molar-refractivity contribution is 6.23. The maximum absolute atomic E-state index is 5.19. The molecule has 0 bridgehead atoms. The highest BCUT2D eigenvalue weighted by atomic mass is 15.0. The molecule has 0 N–H and O–H groups in total. The number of fused-ring (bicyclic) bond motifs is 11. The summed E-state index contributed by atoms with van der Waals surface area (Å²) in [5, 5.41) is 8.66. The predicted octanol–water partition coefficient (Wildman–Crippen LogP) is 10.4. The minimum absolute atomic E-state index is 1.01. The van der Waals surface area contributed by atoms with Crippen molar-refractivity contribution >= 4 is 59.9 Å². The van der Waals surface area contributed by atoms with Gasteiger partial charge in [0.2, 0.25) is 0 Å². The molecule has 9 aromatic rings. The molecule has 0 aliphatic carbocycles. The molecule has 2 heteroatoms. The number of para-hydroxylation sites is 2. The molecule has 0 radical (unpaired) electrons. The van der Waals surface area contributed by atoms with Gasteiger partial charge in [-0.25, -0.2) is 4.98 Å². The lowest BCUT2D eigenvalue weighted by molar-refractivity contribution is 1.32. The summed E-state index contributed by atoms with van der Waals surface area (Å²) in [6.45, 7) is 0. The predicted molar refractivity (Wildman–Crippen MR) is 174 cm³/mol. The van der Waals surface area contributed by atoms with Crippen molar-refractivity contribution in [1.82, 2.24) is 9.38 Å². The molecule has 0 amide bonds. The van der Waals surface area contributed by atoms with E-state index in [-0.39, 0.29) is 0 Å². The van der Waals surface area contributed by atoms with Crippen molar-refractivity contribution in [3.63, 3.8) is 0 Å². The lowest BCUT2D eigenvalue weighted by Crippen LogP contribution is -1.93. The van der Waals surface area contributed by atoms with Crippen LogP contribution in [-0.2, 0) is 0 Å². The first kappa shape index (κ1) is 22.4. The Hall–Kier alpha value is -5.47. The second kappa shape index (κ2) is 8.51. The summed E-state index contributed by atoms with van der Waals surface area (Å²) < 4.78 is 2.36. The summed E-state index contributed by atoms with van der Waals surface area (Å²) in [5.41, 5.74) is 9.16. The number of hydrogen-bond donors (Lipinski definition) is 0. The minimum atomic E-state index is 1.01. The molecule has 0 saturated carbocycles. The van der Waals surface area contributed by atoms with E-state index in [1.165, 1.54) is 65.5 Å². The maximum atomic E-state index is 5.19. The summed E-state index contributed by atoms with van der Waals surface area (Å²) in [4.78, 5) is 5.19. The average molecular weight is 521 g/mol. The number of benzene rings is 7. The first-order chi connectivity index (χ1) is 20.3. The summed E-state index contributed by atoms with van der Waals surface area (Å²) in [5.74, 6) is 0. The number of nitrogens with zero attached hydrogens (tertiary/aromatic N) is 2. The Bertz CT molecular complexity index is 2480. The van der Waals surface area contributed by atoms with Gasteiger partial charge in [0.15, 0.2) is 0 Å². The Kier molecular flexibility index (Phi) is 4.64. The molecule has 7 aromatic carbocycles. The maximum Gasteiger partial charge on any atom is 0.147 e. The van der Waals surface area contributed by atoms with Crippen molar-refractivity contribution < 1.29 is 0 Å². The zero-order chi connectivity index (χ0) is 26.9. The average Bonchev–Trinajstić information content (AvgIpc) is 3.44. The Balaban J connectivity index is 1.32. The van der Waals surface area contributed by atoms with Gasteiger partial charge in [0.25, 0.3) is 0 Å². The van der Waals surface area contributed by atoms with Crippen molar-refractivity contribution in [2.75, 3.05) is 0 Å². The largest absolute Gasteiger partial charge is 0.292 e. The van der Waals surface area contributed by atoms with Crippen LogP contribution in [0, 0.1) is 0 Å². The zero-order valence-corrected chi connectivity index (χ0v) is 22.3. The third kappa shape index (κ3) is 3.34. The fourth-order valence-corrected chi connectivity index (χ4v) is 6.55. The molecule has 9 rings (SSSR count). The monoisotopic (exact) mass is 520 g/mol. The topological polar surface area (TPSA) is 17.3 Å². The molecule has 2 nitrogen and oxygen atoms in total. The number of imidazole rings is 1. The molecule has 0 aliphatic rings. The fraction of sp³-hybridized carbons (Fsp3) is 0. The Morgan fingerprint density at radius 3 is 1.95 bits per heavy atom. The van der Waals surface area contributed by atoms with Crippen LogP contribution >= 0.6 is 0 Å². The van der Waals surface area contributed by atoms with Crippen LogP contribution in [0.1, 0.15) is 0 Å². The van der Waals surface area contributed by atoms with Gasteiger partial charge in [0.05, 0.1) is 16.6 Å². The van der Waals surface area contributed by atoms with E-state index < -0.39 is 0 Å². The third-order valence-electron chi connectivity index (χ3n) is 8.52. The van der Waals surface area contributed by atoms with Gasteiger partial charge in [0, 0.05) is 10.8 Å². The fourth-order valence-electron chi connectivity index (χ4n) is 6.55. The minimum Gasteiger partial charge on any atom is -0.292 e. The molecule has 0 saturated heterocycles.